The molecular formula is C11H13FN2O. The summed E-state index contributed by atoms with van der Waals surface area (Å²) in [7, 11) is 0. The van der Waals surface area contributed by atoms with Gasteiger partial charge < -0.3 is 4.52 Å². The fraction of sp³-hybridized carbons (Fsp3) is 0.273. The Hall–Kier alpha value is -1.71. The minimum atomic E-state index is -0.228. The molecule has 0 fully saturated rings. The van der Waals surface area contributed by atoms with Crippen molar-refractivity contribution in [1.82, 2.24) is 10.1 Å². The van der Waals surface area contributed by atoms with Gasteiger partial charge in [0.25, 0.3) is 0 Å². The van der Waals surface area contributed by atoms with E-state index in [2.05, 4.69) is 10.1 Å². The molecule has 0 spiro atoms. The topological polar surface area (TPSA) is 38.9 Å². The molecule has 0 radical (unpaired) electrons. The maximum Gasteiger partial charge on any atom is 0.223 e. The van der Waals surface area contributed by atoms with E-state index in [1.54, 1.807) is 26.0 Å². The van der Waals surface area contributed by atoms with Crippen LogP contribution < -0.4 is 0 Å². The lowest BCUT2D eigenvalue weighted by molar-refractivity contribution is 0.394. The minimum absolute atomic E-state index is 0. The van der Waals surface area contributed by atoms with Gasteiger partial charge in [-0.05, 0) is 30.7 Å². The normalized spacial score (nSPS) is 9.80. The van der Waals surface area contributed by atoms with Crippen LogP contribution in [0.1, 0.15) is 18.9 Å². The summed E-state index contributed by atoms with van der Waals surface area (Å²) in [6.07, 6.45) is 0. The number of halogens is 1. The molecule has 0 saturated carbocycles. The van der Waals surface area contributed by atoms with Gasteiger partial charge in [-0.15, -0.1) is 0 Å². The van der Waals surface area contributed by atoms with Crippen LogP contribution >= 0.6 is 0 Å². The number of hydrogen-bond donors (Lipinski definition) is 0. The predicted octanol–water partition coefficient (Wildman–Crippen LogP) is 3.13. The van der Waals surface area contributed by atoms with Gasteiger partial charge in [-0.1, -0.05) is 12.6 Å². The molecule has 1 aromatic carbocycles. The summed E-state index contributed by atoms with van der Waals surface area (Å²) in [6.45, 7) is 3.42. The Morgan fingerprint density at radius 3 is 2.53 bits per heavy atom. The average molecular weight is 208 g/mol. The summed E-state index contributed by atoms with van der Waals surface area (Å²) in [5, 5.41) is 3.75. The van der Waals surface area contributed by atoms with Gasteiger partial charge >= 0.3 is 0 Å². The fourth-order valence-electron chi connectivity index (χ4n) is 1.20. The van der Waals surface area contributed by atoms with Crippen molar-refractivity contribution < 1.29 is 8.91 Å². The average Bonchev–Trinajstić information content (AvgIpc) is 2.57. The second kappa shape index (κ2) is 4.21. The maximum atomic E-state index is 13.0. The molecule has 1 heterocycles. The number of aryl methyl sites for hydroxylation is 2. The Bertz CT molecular complexity index is 465. The summed E-state index contributed by atoms with van der Waals surface area (Å²) in [5.74, 6) is 0.765. The minimum Gasteiger partial charge on any atom is -0.339 e. The van der Waals surface area contributed by atoms with Gasteiger partial charge in [-0.2, -0.15) is 4.98 Å². The highest BCUT2D eigenvalue weighted by Gasteiger charge is 2.06. The van der Waals surface area contributed by atoms with Crippen LogP contribution in [0.5, 0.6) is 0 Å². The Kier molecular flexibility index (Phi) is 3.19. The number of aromatic nitrogens is 2. The monoisotopic (exact) mass is 208 g/mol. The molecule has 4 heteroatoms. The first-order valence-corrected chi connectivity index (χ1v) is 4.23. The maximum absolute atomic E-state index is 13.0. The molecule has 1 aromatic heterocycles. The van der Waals surface area contributed by atoms with E-state index in [0.717, 1.165) is 5.56 Å². The summed E-state index contributed by atoms with van der Waals surface area (Å²) >= 11 is 0. The lowest BCUT2D eigenvalue weighted by Crippen LogP contribution is -1.85. The van der Waals surface area contributed by atoms with E-state index in [0.29, 0.717) is 17.3 Å². The standard InChI is InChI=1S/C10H9FN2O.CH4/c1-6-5-8(3-4-9(6)11)10-12-7(2)14-13-10;/h3-5H,1-2H3;1H4. The molecule has 0 N–H and O–H groups in total. The third kappa shape index (κ3) is 2.21. The lowest BCUT2D eigenvalue weighted by atomic mass is 10.1. The van der Waals surface area contributed by atoms with Gasteiger partial charge in [0.1, 0.15) is 5.82 Å². The third-order valence-corrected chi connectivity index (χ3v) is 1.94. The molecule has 0 atom stereocenters. The third-order valence-electron chi connectivity index (χ3n) is 1.94. The molecule has 0 aliphatic rings. The Morgan fingerprint density at radius 2 is 2.00 bits per heavy atom. The van der Waals surface area contributed by atoms with Crippen molar-refractivity contribution in [1.29, 1.82) is 0 Å². The van der Waals surface area contributed by atoms with Crippen molar-refractivity contribution in [2.75, 3.05) is 0 Å². The predicted molar refractivity (Wildman–Crippen MR) is 55.9 cm³/mol. The van der Waals surface area contributed by atoms with Gasteiger partial charge in [0.05, 0.1) is 0 Å². The van der Waals surface area contributed by atoms with Crippen molar-refractivity contribution in [2.45, 2.75) is 21.3 Å². The number of hydrogen-bond acceptors (Lipinski definition) is 3. The van der Waals surface area contributed by atoms with E-state index < -0.39 is 0 Å². The van der Waals surface area contributed by atoms with E-state index in [1.807, 2.05) is 0 Å². The summed E-state index contributed by atoms with van der Waals surface area (Å²) in [4.78, 5) is 4.05. The van der Waals surface area contributed by atoms with Crippen LogP contribution in [-0.4, -0.2) is 10.1 Å². The first-order chi connectivity index (χ1) is 6.66. The van der Waals surface area contributed by atoms with E-state index >= 15 is 0 Å². The SMILES string of the molecule is C.Cc1nc(-c2ccc(F)c(C)c2)no1. The highest BCUT2D eigenvalue weighted by atomic mass is 19.1. The number of benzene rings is 1. The molecule has 0 aliphatic heterocycles. The number of rotatable bonds is 1. The van der Waals surface area contributed by atoms with Crippen LogP contribution in [0.4, 0.5) is 4.39 Å². The smallest absolute Gasteiger partial charge is 0.223 e. The first kappa shape index (κ1) is 11.4. The lowest BCUT2D eigenvalue weighted by Gasteiger charge is -1.97. The molecule has 0 amide bonds. The molecule has 0 aliphatic carbocycles. The quantitative estimate of drug-likeness (QED) is 0.722. The van der Waals surface area contributed by atoms with E-state index in [4.69, 9.17) is 4.52 Å². The Balaban J connectivity index is 0.00000112. The Morgan fingerprint density at radius 1 is 1.27 bits per heavy atom. The summed E-state index contributed by atoms with van der Waals surface area (Å²) in [5.41, 5.74) is 1.34. The summed E-state index contributed by atoms with van der Waals surface area (Å²) < 4.78 is 17.8. The molecule has 0 bridgehead atoms. The van der Waals surface area contributed by atoms with Crippen LogP contribution in [0.25, 0.3) is 11.4 Å². The molecule has 0 unspecified atom stereocenters. The van der Waals surface area contributed by atoms with Crippen LogP contribution in [0.2, 0.25) is 0 Å². The van der Waals surface area contributed by atoms with Crippen molar-refractivity contribution in [3.8, 4) is 11.4 Å². The van der Waals surface area contributed by atoms with Crippen molar-refractivity contribution in [3.05, 3.63) is 35.5 Å². The van der Waals surface area contributed by atoms with Gasteiger partial charge in [-0.25, -0.2) is 4.39 Å². The van der Waals surface area contributed by atoms with Gasteiger partial charge in [-0.3, -0.25) is 0 Å². The van der Waals surface area contributed by atoms with Crippen LogP contribution in [-0.2, 0) is 0 Å². The first-order valence-electron chi connectivity index (χ1n) is 4.23. The van der Waals surface area contributed by atoms with Crippen LogP contribution in [0.15, 0.2) is 22.7 Å². The van der Waals surface area contributed by atoms with Crippen molar-refractivity contribution in [2.24, 2.45) is 0 Å². The molecular weight excluding hydrogens is 195 g/mol. The second-order valence-electron chi connectivity index (χ2n) is 3.10. The molecule has 2 rings (SSSR count). The molecule has 3 nitrogen and oxygen atoms in total. The Labute approximate surface area is 87.9 Å². The van der Waals surface area contributed by atoms with Crippen molar-refractivity contribution >= 4 is 0 Å². The zero-order valence-electron chi connectivity index (χ0n) is 7.91. The summed E-state index contributed by atoms with van der Waals surface area (Å²) in [6, 6.07) is 4.72. The number of nitrogens with zero attached hydrogens (tertiary/aromatic N) is 2. The largest absolute Gasteiger partial charge is 0.339 e. The van der Waals surface area contributed by atoms with Gasteiger partial charge in [0.2, 0.25) is 11.7 Å². The van der Waals surface area contributed by atoms with Crippen LogP contribution in [0, 0.1) is 19.7 Å². The zero-order valence-corrected chi connectivity index (χ0v) is 7.91. The molecule has 15 heavy (non-hydrogen) atoms. The van der Waals surface area contributed by atoms with Crippen molar-refractivity contribution in [3.63, 3.8) is 0 Å². The molecule has 0 saturated heterocycles. The van der Waals surface area contributed by atoms with E-state index in [1.165, 1.54) is 6.07 Å². The zero-order chi connectivity index (χ0) is 10.1. The highest BCUT2D eigenvalue weighted by molar-refractivity contribution is 5.55. The molecule has 80 valence electrons. The van der Waals surface area contributed by atoms with Gasteiger partial charge in [0, 0.05) is 12.5 Å². The second-order valence-corrected chi connectivity index (χ2v) is 3.10. The molecule has 2 aromatic rings. The van der Waals surface area contributed by atoms with E-state index in [-0.39, 0.29) is 13.2 Å². The fourth-order valence-corrected chi connectivity index (χ4v) is 1.20. The highest BCUT2D eigenvalue weighted by Crippen LogP contribution is 2.18. The van der Waals surface area contributed by atoms with Gasteiger partial charge in [0.15, 0.2) is 0 Å². The van der Waals surface area contributed by atoms with E-state index in [9.17, 15) is 4.39 Å². The van der Waals surface area contributed by atoms with Crippen LogP contribution in [0.3, 0.4) is 0 Å².